The second kappa shape index (κ2) is 3.98. The molecule has 2 aromatic rings. The molecular weight excluding hydrogens is 244 g/mol. The molecule has 0 bridgehead atoms. The Morgan fingerprint density at radius 3 is 2.58 bits per heavy atom. The van der Waals surface area contributed by atoms with Gasteiger partial charge in [-0.05, 0) is 31.0 Å². The van der Waals surface area contributed by atoms with Crippen LogP contribution in [0.2, 0.25) is 0 Å². The monoisotopic (exact) mass is 256 g/mol. The molecule has 0 amide bonds. The van der Waals surface area contributed by atoms with Gasteiger partial charge in [0, 0.05) is 6.07 Å². The van der Waals surface area contributed by atoms with Crippen molar-refractivity contribution >= 4 is 17.1 Å². The van der Waals surface area contributed by atoms with E-state index in [9.17, 15) is 10.1 Å². The van der Waals surface area contributed by atoms with Crippen molar-refractivity contribution in [3.05, 3.63) is 51.6 Å². The Morgan fingerprint density at radius 1 is 1.11 bits per heavy atom. The number of aryl methyl sites for hydroxylation is 2. The second-order valence-electron chi connectivity index (χ2n) is 4.57. The molecule has 19 heavy (non-hydrogen) atoms. The maximum absolute atomic E-state index is 10.9. The second-order valence-corrected chi connectivity index (χ2v) is 4.57. The Bertz CT molecular complexity index is 695. The lowest BCUT2D eigenvalue weighted by Gasteiger charge is -2.24. The molecule has 2 aromatic carbocycles. The summed E-state index contributed by atoms with van der Waals surface area (Å²) in [5.74, 6) is 1.18. The first-order chi connectivity index (χ1) is 9.06. The molecule has 1 heterocycles. The van der Waals surface area contributed by atoms with Crippen LogP contribution in [0.5, 0.6) is 11.5 Å². The van der Waals surface area contributed by atoms with Crippen LogP contribution in [0.3, 0.4) is 0 Å². The summed E-state index contributed by atoms with van der Waals surface area (Å²) >= 11 is 0. The topological polar surface area (TPSA) is 64.4 Å². The van der Waals surface area contributed by atoms with Crippen molar-refractivity contribution in [1.82, 2.24) is 0 Å². The number of anilines is 2. The molecule has 0 saturated heterocycles. The summed E-state index contributed by atoms with van der Waals surface area (Å²) in [5, 5.41) is 14.2. The van der Waals surface area contributed by atoms with Crippen LogP contribution in [0.25, 0.3) is 0 Å². The van der Waals surface area contributed by atoms with Gasteiger partial charge < -0.3 is 10.1 Å². The molecule has 0 aromatic heterocycles. The molecule has 1 aliphatic rings. The molecule has 0 spiro atoms. The highest BCUT2D eigenvalue weighted by molar-refractivity contribution is 5.80. The molecule has 5 heteroatoms. The first-order valence-corrected chi connectivity index (χ1v) is 5.90. The molecule has 0 aliphatic carbocycles. The van der Waals surface area contributed by atoms with Crippen LogP contribution in [-0.2, 0) is 0 Å². The average Bonchev–Trinajstić information content (AvgIpc) is 2.37. The molecule has 0 unspecified atom stereocenters. The molecule has 1 aliphatic heterocycles. The smallest absolute Gasteiger partial charge is 0.273 e. The number of para-hydroxylation sites is 1. The van der Waals surface area contributed by atoms with Crippen LogP contribution in [0, 0.1) is 24.0 Å². The zero-order valence-electron chi connectivity index (χ0n) is 10.6. The third-order valence-electron chi connectivity index (χ3n) is 3.20. The van der Waals surface area contributed by atoms with E-state index in [-0.39, 0.29) is 5.69 Å². The van der Waals surface area contributed by atoms with Crippen molar-refractivity contribution in [2.24, 2.45) is 0 Å². The molecule has 3 rings (SSSR count). The first kappa shape index (κ1) is 11.5. The maximum Gasteiger partial charge on any atom is 0.273 e. The number of non-ortho nitro benzene ring substituents is 1. The number of nitrogens with one attached hydrogen (secondary N) is 1. The molecule has 1 N–H and O–H groups in total. The number of nitro benzene ring substituents is 1. The third-order valence-corrected chi connectivity index (χ3v) is 3.20. The minimum absolute atomic E-state index is 0.0363. The minimum atomic E-state index is -0.414. The van der Waals surface area contributed by atoms with Gasteiger partial charge in [0.1, 0.15) is 0 Å². The summed E-state index contributed by atoms with van der Waals surface area (Å²) in [6.07, 6.45) is 0. The molecule has 0 saturated carbocycles. The van der Waals surface area contributed by atoms with Gasteiger partial charge in [0.2, 0.25) is 0 Å². The Morgan fingerprint density at radius 2 is 1.84 bits per heavy atom. The number of nitro groups is 1. The number of hydrogen-bond acceptors (Lipinski definition) is 4. The normalized spacial score (nSPS) is 11.9. The SMILES string of the molecule is Cc1cccc2c1Nc1c(C)cc([N+](=O)[O-])cc1O2. The Hall–Kier alpha value is -2.56. The van der Waals surface area contributed by atoms with Crippen molar-refractivity contribution in [2.75, 3.05) is 5.32 Å². The van der Waals surface area contributed by atoms with E-state index in [0.29, 0.717) is 11.5 Å². The fourth-order valence-electron chi connectivity index (χ4n) is 2.21. The van der Waals surface area contributed by atoms with E-state index < -0.39 is 4.92 Å². The fourth-order valence-corrected chi connectivity index (χ4v) is 2.21. The van der Waals surface area contributed by atoms with Crippen molar-refractivity contribution in [3.8, 4) is 11.5 Å². The molecule has 96 valence electrons. The van der Waals surface area contributed by atoms with E-state index in [1.807, 2.05) is 32.0 Å². The Labute approximate surface area is 110 Å². The third kappa shape index (κ3) is 1.79. The Kier molecular flexibility index (Phi) is 2.41. The predicted molar refractivity (Wildman–Crippen MR) is 72.4 cm³/mol. The molecule has 5 nitrogen and oxygen atoms in total. The van der Waals surface area contributed by atoms with E-state index in [2.05, 4.69) is 5.32 Å². The number of hydrogen-bond donors (Lipinski definition) is 1. The number of ether oxygens (including phenoxy) is 1. The summed E-state index contributed by atoms with van der Waals surface area (Å²) in [6.45, 7) is 3.81. The standard InChI is InChI=1S/C14H12N2O3/c1-8-4-3-5-11-13(8)15-14-9(2)6-10(16(17)18)7-12(14)19-11/h3-7,15H,1-2H3. The first-order valence-electron chi connectivity index (χ1n) is 5.90. The molecule has 0 fully saturated rings. The van der Waals surface area contributed by atoms with Gasteiger partial charge in [-0.15, -0.1) is 0 Å². The molecule has 0 radical (unpaired) electrons. The van der Waals surface area contributed by atoms with Crippen LogP contribution in [-0.4, -0.2) is 4.92 Å². The van der Waals surface area contributed by atoms with Crippen molar-refractivity contribution < 1.29 is 9.66 Å². The number of benzene rings is 2. The van der Waals surface area contributed by atoms with Gasteiger partial charge in [0.25, 0.3) is 5.69 Å². The summed E-state index contributed by atoms with van der Waals surface area (Å²) in [4.78, 5) is 10.5. The minimum Gasteiger partial charge on any atom is -0.453 e. The Balaban J connectivity index is 2.15. The van der Waals surface area contributed by atoms with Gasteiger partial charge in [-0.3, -0.25) is 10.1 Å². The van der Waals surface area contributed by atoms with E-state index in [4.69, 9.17) is 4.74 Å². The highest BCUT2D eigenvalue weighted by atomic mass is 16.6. The lowest BCUT2D eigenvalue weighted by atomic mass is 10.1. The summed E-state index contributed by atoms with van der Waals surface area (Å²) in [7, 11) is 0. The number of nitrogens with zero attached hydrogens (tertiary/aromatic N) is 1. The lowest BCUT2D eigenvalue weighted by molar-refractivity contribution is -0.384. The number of fused-ring (bicyclic) bond motifs is 2. The van der Waals surface area contributed by atoms with Gasteiger partial charge in [-0.1, -0.05) is 12.1 Å². The van der Waals surface area contributed by atoms with Crippen molar-refractivity contribution in [3.63, 3.8) is 0 Å². The predicted octanol–water partition coefficient (Wildman–Crippen LogP) is 4.06. The van der Waals surface area contributed by atoms with Crippen molar-refractivity contribution in [2.45, 2.75) is 13.8 Å². The summed E-state index contributed by atoms with van der Waals surface area (Å²) < 4.78 is 5.76. The van der Waals surface area contributed by atoms with Gasteiger partial charge in [0.15, 0.2) is 11.5 Å². The van der Waals surface area contributed by atoms with Crippen LogP contribution in [0.4, 0.5) is 17.1 Å². The van der Waals surface area contributed by atoms with E-state index >= 15 is 0 Å². The number of rotatable bonds is 1. The zero-order chi connectivity index (χ0) is 13.6. The van der Waals surface area contributed by atoms with Crippen LogP contribution in [0.15, 0.2) is 30.3 Å². The van der Waals surface area contributed by atoms with Gasteiger partial charge >= 0.3 is 0 Å². The highest BCUT2D eigenvalue weighted by Crippen LogP contribution is 2.46. The average molecular weight is 256 g/mol. The summed E-state index contributed by atoms with van der Waals surface area (Å²) in [6, 6.07) is 8.71. The highest BCUT2D eigenvalue weighted by Gasteiger charge is 2.22. The lowest BCUT2D eigenvalue weighted by Crippen LogP contribution is -2.06. The fraction of sp³-hybridized carbons (Fsp3) is 0.143. The largest absolute Gasteiger partial charge is 0.453 e. The van der Waals surface area contributed by atoms with E-state index in [0.717, 1.165) is 22.5 Å². The zero-order valence-corrected chi connectivity index (χ0v) is 10.6. The van der Waals surface area contributed by atoms with Crippen LogP contribution < -0.4 is 10.1 Å². The van der Waals surface area contributed by atoms with Gasteiger partial charge in [0.05, 0.1) is 22.4 Å². The molecule has 0 atom stereocenters. The molecular formula is C14H12N2O3. The van der Waals surface area contributed by atoms with Gasteiger partial charge in [-0.2, -0.15) is 0 Å². The van der Waals surface area contributed by atoms with Crippen molar-refractivity contribution in [1.29, 1.82) is 0 Å². The van der Waals surface area contributed by atoms with Crippen LogP contribution >= 0.6 is 0 Å². The van der Waals surface area contributed by atoms with Gasteiger partial charge in [-0.25, -0.2) is 0 Å². The van der Waals surface area contributed by atoms with E-state index in [1.54, 1.807) is 6.07 Å². The van der Waals surface area contributed by atoms with Crippen LogP contribution in [0.1, 0.15) is 11.1 Å². The maximum atomic E-state index is 10.9. The quantitative estimate of drug-likeness (QED) is 0.526. The summed E-state index contributed by atoms with van der Waals surface area (Å²) in [5.41, 5.74) is 3.59. The van der Waals surface area contributed by atoms with E-state index in [1.165, 1.54) is 6.07 Å².